The van der Waals surface area contributed by atoms with Gasteiger partial charge in [0.1, 0.15) is 0 Å². The van der Waals surface area contributed by atoms with Crippen molar-refractivity contribution in [2.75, 3.05) is 19.7 Å². The lowest BCUT2D eigenvalue weighted by molar-refractivity contribution is -0.144. The van der Waals surface area contributed by atoms with Gasteiger partial charge in [-0.3, -0.25) is 9.69 Å². The van der Waals surface area contributed by atoms with Crippen molar-refractivity contribution >= 4 is 5.97 Å². The fourth-order valence-electron chi connectivity index (χ4n) is 2.74. The first kappa shape index (κ1) is 15.5. The van der Waals surface area contributed by atoms with E-state index in [9.17, 15) is 4.79 Å². The van der Waals surface area contributed by atoms with Crippen molar-refractivity contribution in [3.8, 4) is 0 Å². The van der Waals surface area contributed by atoms with Crippen molar-refractivity contribution in [3.05, 3.63) is 0 Å². The second-order valence-corrected chi connectivity index (χ2v) is 5.26. The van der Waals surface area contributed by atoms with Crippen LogP contribution >= 0.6 is 0 Å². The fraction of sp³-hybridized carbons (Fsp3) is 0.933. The van der Waals surface area contributed by atoms with Crippen LogP contribution in [0, 0.1) is 0 Å². The minimum Gasteiger partial charge on any atom is -0.466 e. The quantitative estimate of drug-likeness (QED) is 0.467. The van der Waals surface area contributed by atoms with Crippen LogP contribution in [0.1, 0.15) is 65.2 Å². The van der Waals surface area contributed by atoms with Gasteiger partial charge in [0.25, 0.3) is 0 Å². The molecule has 18 heavy (non-hydrogen) atoms. The number of likely N-dealkylation sites (tertiary alicyclic amines) is 1. The van der Waals surface area contributed by atoms with E-state index in [0.717, 1.165) is 19.5 Å². The average molecular weight is 255 g/mol. The molecule has 0 radical (unpaired) electrons. The Bertz CT molecular complexity index is 225. The van der Waals surface area contributed by atoms with Gasteiger partial charge in [-0.1, -0.05) is 32.6 Å². The molecule has 1 unspecified atom stereocenters. The summed E-state index contributed by atoms with van der Waals surface area (Å²) in [6, 6.07) is 0.420. The highest BCUT2D eigenvalue weighted by Crippen LogP contribution is 2.20. The Hall–Kier alpha value is -0.570. The van der Waals surface area contributed by atoms with E-state index in [1.807, 2.05) is 6.92 Å². The van der Waals surface area contributed by atoms with Crippen molar-refractivity contribution in [3.63, 3.8) is 0 Å². The predicted octanol–water partition coefficient (Wildman–Crippen LogP) is 3.37. The number of unbranched alkanes of at least 4 members (excludes halogenated alkanes) is 3. The van der Waals surface area contributed by atoms with Gasteiger partial charge in [-0.25, -0.2) is 0 Å². The summed E-state index contributed by atoms with van der Waals surface area (Å²) in [4.78, 5) is 14.1. The highest BCUT2D eigenvalue weighted by Gasteiger charge is 2.24. The van der Waals surface area contributed by atoms with E-state index in [-0.39, 0.29) is 5.97 Å². The zero-order valence-electron chi connectivity index (χ0n) is 12.1. The average Bonchev–Trinajstić information content (AvgIpc) is 2.87. The molecule has 0 bridgehead atoms. The Kier molecular flexibility index (Phi) is 8.06. The van der Waals surface area contributed by atoms with Gasteiger partial charge in [0.05, 0.1) is 13.0 Å². The molecule has 0 aromatic carbocycles. The lowest BCUT2D eigenvalue weighted by atomic mass is 10.0. The second-order valence-electron chi connectivity index (χ2n) is 5.26. The van der Waals surface area contributed by atoms with E-state index in [0.29, 0.717) is 19.1 Å². The number of esters is 1. The van der Waals surface area contributed by atoms with Crippen LogP contribution < -0.4 is 0 Å². The number of carbonyl (C=O) groups excluding carboxylic acids is 1. The molecular weight excluding hydrogens is 226 g/mol. The normalized spacial score (nSPS) is 17.9. The van der Waals surface area contributed by atoms with Crippen LogP contribution in [0.3, 0.4) is 0 Å². The van der Waals surface area contributed by atoms with Gasteiger partial charge in [-0.2, -0.15) is 0 Å². The molecule has 106 valence electrons. The van der Waals surface area contributed by atoms with E-state index < -0.39 is 0 Å². The molecule has 3 nitrogen and oxygen atoms in total. The third-order valence-electron chi connectivity index (χ3n) is 3.76. The summed E-state index contributed by atoms with van der Waals surface area (Å²) in [7, 11) is 0. The molecule has 1 heterocycles. The van der Waals surface area contributed by atoms with E-state index in [1.54, 1.807) is 0 Å². The molecule has 1 fully saturated rings. The lowest BCUT2D eigenvalue weighted by Gasteiger charge is -2.26. The summed E-state index contributed by atoms with van der Waals surface area (Å²) < 4.78 is 5.09. The van der Waals surface area contributed by atoms with Crippen LogP contribution in [-0.2, 0) is 9.53 Å². The van der Waals surface area contributed by atoms with Crippen LogP contribution in [0.15, 0.2) is 0 Å². The van der Waals surface area contributed by atoms with Gasteiger partial charge in [0.2, 0.25) is 0 Å². The van der Waals surface area contributed by atoms with E-state index in [4.69, 9.17) is 4.74 Å². The molecule has 0 aromatic heterocycles. The largest absolute Gasteiger partial charge is 0.466 e. The number of rotatable bonds is 9. The molecule has 1 saturated heterocycles. The molecule has 0 aromatic rings. The molecule has 0 saturated carbocycles. The van der Waals surface area contributed by atoms with Crippen LogP contribution in [0.5, 0.6) is 0 Å². The van der Waals surface area contributed by atoms with E-state index in [1.165, 1.54) is 38.5 Å². The van der Waals surface area contributed by atoms with Gasteiger partial charge in [-0.05, 0) is 39.3 Å². The predicted molar refractivity (Wildman–Crippen MR) is 74.6 cm³/mol. The van der Waals surface area contributed by atoms with Crippen molar-refractivity contribution in [2.45, 2.75) is 71.3 Å². The maximum absolute atomic E-state index is 11.7. The summed E-state index contributed by atoms with van der Waals surface area (Å²) >= 11 is 0. The highest BCUT2D eigenvalue weighted by atomic mass is 16.5. The van der Waals surface area contributed by atoms with Crippen LogP contribution in [0.4, 0.5) is 0 Å². The Morgan fingerprint density at radius 2 is 1.89 bits per heavy atom. The standard InChI is InChI=1S/C15H29NO2/c1-3-5-6-7-10-14(13-15(17)18-4-2)16-11-8-9-12-16/h14H,3-13H2,1-2H3. The Balaban J connectivity index is 2.33. The number of hydrogen-bond donors (Lipinski definition) is 0. The van der Waals surface area contributed by atoms with Crippen LogP contribution in [0.2, 0.25) is 0 Å². The minimum atomic E-state index is -0.0232. The summed E-state index contributed by atoms with van der Waals surface area (Å²) in [5, 5.41) is 0. The molecule has 1 aliphatic rings. The monoisotopic (exact) mass is 255 g/mol. The maximum Gasteiger partial charge on any atom is 0.307 e. The van der Waals surface area contributed by atoms with E-state index >= 15 is 0 Å². The topological polar surface area (TPSA) is 29.5 Å². The summed E-state index contributed by atoms with van der Waals surface area (Å²) in [6.07, 6.45) is 9.43. The first-order valence-corrected chi connectivity index (χ1v) is 7.67. The molecule has 0 spiro atoms. The number of carbonyl (C=O) groups is 1. The van der Waals surface area contributed by atoms with Gasteiger partial charge >= 0.3 is 5.97 Å². The van der Waals surface area contributed by atoms with Gasteiger partial charge in [-0.15, -0.1) is 0 Å². The highest BCUT2D eigenvalue weighted by molar-refractivity contribution is 5.70. The zero-order chi connectivity index (χ0) is 13.2. The molecule has 1 rings (SSSR count). The van der Waals surface area contributed by atoms with Crippen molar-refractivity contribution < 1.29 is 9.53 Å². The molecule has 0 aliphatic carbocycles. The fourth-order valence-corrected chi connectivity index (χ4v) is 2.74. The first-order valence-electron chi connectivity index (χ1n) is 7.67. The third kappa shape index (κ3) is 5.85. The maximum atomic E-state index is 11.7. The Morgan fingerprint density at radius 3 is 2.50 bits per heavy atom. The van der Waals surface area contributed by atoms with Gasteiger partial charge in [0, 0.05) is 6.04 Å². The molecule has 1 aliphatic heterocycles. The summed E-state index contributed by atoms with van der Waals surface area (Å²) in [5.41, 5.74) is 0. The molecule has 3 heteroatoms. The first-order chi connectivity index (χ1) is 8.77. The van der Waals surface area contributed by atoms with Crippen molar-refractivity contribution in [1.29, 1.82) is 0 Å². The Labute approximate surface area is 112 Å². The van der Waals surface area contributed by atoms with Crippen molar-refractivity contribution in [2.24, 2.45) is 0 Å². The number of nitrogens with zero attached hydrogens (tertiary/aromatic N) is 1. The smallest absolute Gasteiger partial charge is 0.307 e. The summed E-state index contributed by atoms with van der Waals surface area (Å²) in [6.45, 7) is 6.94. The minimum absolute atomic E-state index is 0.0232. The SMILES string of the molecule is CCCCCCC(CC(=O)OCC)N1CCCC1. The summed E-state index contributed by atoms with van der Waals surface area (Å²) in [5.74, 6) is -0.0232. The number of hydrogen-bond acceptors (Lipinski definition) is 3. The molecule has 1 atom stereocenters. The van der Waals surface area contributed by atoms with Crippen LogP contribution in [0.25, 0.3) is 0 Å². The second kappa shape index (κ2) is 9.37. The zero-order valence-corrected chi connectivity index (χ0v) is 12.1. The molecule has 0 N–H and O–H groups in total. The third-order valence-corrected chi connectivity index (χ3v) is 3.76. The van der Waals surface area contributed by atoms with Crippen LogP contribution in [-0.4, -0.2) is 36.6 Å². The van der Waals surface area contributed by atoms with Gasteiger partial charge in [0.15, 0.2) is 0 Å². The Morgan fingerprint density at radius 1 is 1.17 bits per heavy atom. The lowest BCUT2D eigenvalue weighted by Crippen LogP contribution is -2.35. The van der Waals surface area contributed by atoms with Gasteiger partial charge < -0.3 is 4.74 Å². The van der Waals surface area contributed by atoms with Crippen molar-refractivity contribution in [1.82, 2.24) is 4.90 Å². The molecular formula is C15H29NO2. The number of ether oxygens (including phenoxy) is 1. The molecule has 0 amide bonds. The van der Waals surface area contributed by atoms with E-state index in [2.05, 4.69) is 11.8 Å².